The molecule has 0 bridgehead atoms. The second-order valence-corrected chi connectivity index (χ2v) is 8.88. The van der Waals surface area contributed by atoms with Crippen molar-refractivity contribution in [2.45, 2.75) is 110 Å². The fourth-order valence-corrected chi connectivity index (χ4v) is 3.79. The van der Waals surface area contributed by atoms with Crippen LogP contribution in [-0.4, -0.2) is 31.8 Å². The molecule has 186 valence electrons. The molecule has 0 aliphatic rings. The lowest BCUT2D eigenvalue weighted by molar-refractivity contribution is -0.138. The minimum atomic E-state index is -0.520. The van der Waals surface area contributed by atoms with Crippen molar-refractivity contribution in [2.75, 3.05) is 25.1 Å². The molecule has 1 aromatic carbocycles. The van der Waals surface area contributed by atoms with Gasteiger partial charge >= 0.3 is 5.97 Å². The Bertz CT molecular complexity index is 660. The van der Waals surface area contributed by atoms with Crippen LogP contribution in [0.3, 0.4) is 0 Å². The molecule has 1 aromatic rings. The maximum atomic E-state index is 11.6. The Balaban J connectivity index is 2.09. The summed E-state index contributed by atoms with van der Waals surface area (Å²) >= 11 is 0. The maximum Gasteiger partial charge on any atom is 0.384 e. The van der Waals surface area contributed by atoms with E-state index in [4.69, 9.17) is 9.47 Å². The molecule has 4 heteroatoms. The van der Waals surface area contributed by atoms with Gasteiger partial charge in [0.15, 0.2) is 0 Å². The molecule has 0 spiro atoms. The Hall–Kier alpha value is -1.99. The molecule has 0 amide bonds. The van der Waals surface area contributed by atoms with Crippen LogP contribution in [0.2, 0.25) is 0 Å². The van der Waals surface area contributed by atoms with Gasteiger partial charge in [0.2, 0.25) is 0 Å². The second-order valence-electron chi connectivity index (χ2n) is 8.88. The monoisotopic (exact) mass is 457 g/mol. The highest BCUT2D eigenvalue weighted by Crippen LogP contribution is 2.15. The van der Waals surface area contributed by atoms with Crippen LogP contribution in [0.15, 0.2) is 24.3 Å². The quantitative estimate of drug-likeness (QED) is 0.133. The molecule has 1 atom stereocenters. The minimum absolute atomic E-state index is 0.237. The standard InChI is InChI=1S/C29H47NO3/c1-4-6-7-8-9-10-11-12-13-14-15-16-17-26(3)30-28-21-18-27(19-22-28)20-23-29(31)33-25-24-32-5-2/h18-19,21-22,26,30H,4-17,24-25H2,1-3H3. The maximum absolute atomic E-state index is 11.6. The van der Waals surface area contributed by atoms with E-state index in [1.165, 1.54) is 83.5 Å². The summed E-state index contributed by atoms with van der Waals surface area (Å²) in [5.41, 5.74) is 1.89. The molecular formula is C29H47NO3. The van der Waals surface area contributed by atoms with Gasteiger partial charge in [0.05, 0.1) is 6.61 Å². The topological polar surface area (TPSA) is 47.6 Å². The van der Waals surface area contributed by atoms with E-state index in [0.717, 1.165) is 11.3 Å². The number of hydrogen-bond acceptors (Lipinski definition) is 4. The molecule has 0 fully saturated rings. The first-order valence-electron chi connectivity index (χ1n) is 13.3. The number of hydrogen-bond donors (Lipinski definition) is 1. The van der Waals surface area contributed by atoms with Gasteiger partial charge in [0.25, 0.3) is 0 Å². The van der Waals surface area contributed by atoms with E-state index < -0.39 is 5.97 Å². The second kappa shape index (κ2) is 20.6. The molecule has 33 heavy (non-hydrogen) atoms. The number of esters is 1. The summed E-state index contributed by atoms with van der Waals surface area (Å²) in [4.78, 5) is 11.6. The van der Waals surface area contributed by atoms with Gasteiger partial charge in [-0.1, -0.05) is 89.9 Å². The summed E-state index contributed by atoms with van der Waals surface area (Å²) in [6.07, 6.45) is 17.8. The van der Waals surface area contributed by atoms with Crippen molar-refractivity contribution < 1.29 is 14.3 Å². The minimum Gasteiger partial charge on any atom is -0.454 e. The summed E-state index contributed by atoms with van der Waals surface area (Å²) < 4.78 is 10.1. The third-order valence-electron chi connectivity index (χ3n) is 5.76. The van der Waals surface area contributed by atoms with E-state index in [1.807, 2.05) is 31.2 Å². The molecule has 0 heterocycles. The highest BCUT2D eigenvalue weighted by Gasteiger charge is 2.03. The fourth-order valence-electron chi connectivity index (χ4n) is 3.79. The van der Waals surface area contributed by atoms with Crippen molar-refractivity contribution >= 4 is 11.7 Å². The number of nitrogens with one attached hydrogen (secondary N) is 1. The Labute approximate surface area is 203 Å². The highest BCUT2D eigenvalue weighted by atomic mass is 16.6. The van der Waals surface area contributed by atoms with E-state index in [-0.39, 0.29) is 6.61 Å². The van der Waals surface area contributed by atoms with E-state index in [0.29, 0.717) is 19.3 Å². The zero-order valence-corrected chi connectivity index (χ0v) is 21.4. The predicted octanol–water partition coefficient (Wildman–Crippen LogP) is 7.51. The van der Waals surface area contributed by atoms with Crippen LogP contribution in [0.1, 0.15) is 110 Å². The predicted molar refractivity (Wildman–Crippen MR) is 140 cm³/mol. The molecule has 0 saturated carbocycles. The first kappa shape index (κ1) is 29.0. The third-order valence-corrected chi connectivity index (χ3v) is 5.76. The normalized spacial score (nSPS) is 11.5. The van der Waals surface area contributed by atoms with Gasteiger partial charge in [-0.25, -0.2) is 4.79 Å². The van der Waals surface area contributed by atoms with Crippen molar-refractivity contribution in [2.24, 2.45) is 0 Å². The van der Waals surface area contributed by atoms with Crippen molar-refractivity contribution in [3.8, 4) is 11.8 Å². The Kier molecular flexibility index (Phi) is 18.1. The number of rotatable bonds is 19. The summed E-state index contributed by atoms with van der Waals surface area (Å²) in [5.74, 6) is 4.84. The lowest BCUT2D eigenvalue weighted by Gasteiger charge is -2.15. The van der Waals surface area contributed by atoms with Crippen LogP contribution in [0, 0.1) is 11.8 Å². The number of ether oxygens (including phenoxy) is 2. The summed E-state index contributed by atoms with van der Waals surface area (Å²) in [7, 11) is 0. The molecular weight excluding hydrogens is 410 g/mol. The molecule has 1 rings (SSSR count). The van der Waals surface area contributed by atoms with Gasteiger partial charge in [-0.2, -0.15) is 0 Å². The van der Waals surface area contributed by atoms with E-state index in [1.54, 1.807) is 0 Å². The number of anilines is 1. The van der Waals surface area contributed by atoms with Crippen LogP contribution < -0.4 is 5.32 Å². The molecule has 0 aliphatic heterocycles. The summed E-state index contributed by atoms with van der Waals surface area (Å²) in [6, 6.07) is 8.34. The Morgan fingerprint density at radius 3 is 2.00 bits per heavy atom. The van der Waals surface area contributed by atoms with Crippen LogP contribution >= 0.6 is 0 Å². The third kappa shape index (κ3) is 17.2. The average molecular weight is 458 g/mol. The molecule has 0 radical (unpaired) electrons. The Morgan fingerprint density at radius 1 is 0.848 bits per heavy atom. The largest absolute Gasteiger partial charge is 0.454 e. The zero-order valence-electron chi connectivity index (χ0n) is 21.4. The van der Waals surface area contributed by atoms with Crippen molar-refractivity contribution in [1.29, 1.82) is 0 Å². The Morgan fingerprint density at radius 2 is 1.42 bits per heavy atom. The first-order valence-corrected chi connectivity index (χ1v) is 13.3. The molecule has 0 aromatic heterocycles. The zero-order chi connectivity index (χ0) is 24.0. The number of unbranched alkanes of at least 4 members (excludes halogenated alkanes) is 11. The van der Waals surface area contributed by atoms with Gasteiger partial charge in [-0.3, -0.25) is 0 Å². The van der Waals surface area contributed by atoms with Crippen molar-refractivity contribution in [1.82, 2.24) is 0 Å². The van der Waals surface area contributed by atoms with Gasteiger partial charge < -0.3 is 14.8 Å². The summed E-state index contributed by atoms with van der Waals surface area (Å²) in [5, 5.41) is 3.56. The molecule has 1 unspecified atom stereocenters. The van der Waals surface area contributed by atoms with Crippen molar-refractivity contribution in [3.63, 3.8) is 0 Å². The van der Waals surface area contributed by atoms with E-state index in [2.05, 4.69) is 31.0 Å². The van der Waals surface area contributed by atoms with Crippen molar-refractivity contribution in [3.05, 3.63) is 29.8 Å². The number of benzene rings is 1. The highest BCUT2D eigenvalue weighted by molar-refractivity contribution is 5.89. The van der Waals surface area contributed by atoms with E-state index in [9.17, 15) is 4.79 Å². The molecule has 1 N–H and O–H groups in total. The average Bonchev–Trinajstić information content (AvgIpc) is 2.82. The lowest BCUT2D eigenvalue weighted by Crippen LogP contribution is -2.14. The van der Waals surface area contributed by atoms with Gasteiger partial charge in [0, 0.05) is 29.8 Å². The van der Waals surface area contributed by atoms with Crippen LogP contribution in [-0.2, 0) is 14.3 Å². The smallest absolute Gasteiger partial charge is 0.384 e. The van der Waals surface area contributed by atoms with E-state index >= 15 is 0 Å². The lowest BCUT2D eigenvalue weighted by atomic mass is 10.0. The van der Waals surface area contributed by atoms with Gasteiger partial charge in [-0.15, -0.1) is 0 Å². The first-order chi connectivity index (χ1) is 16.2. The van der Waals surface area contributed by atoms with Gasteiger partial charge in [0.1, 0.15) is 6.61 Å². The number of carbonyl (C=O) groups is 1. The summed E-state index contributed by atoms with van der Waals surface area (Å²) in [6.45, 7) is 7.68. The van der Waals surface area contributed by atoms with Crippen LogP contribution in [0.5, 0.6) is 0 Å². The van der Waals surface area contributed by atoms with Crippen LogP contribution in [0.4, 0.5) is 5.69 Å². The SMILES string of the molecule is CCCCCCCCCCCCCCC(C)Nc1ccc(C#CC(=O)OCCOCC)cc1. The van der Waals surface area contributed by atoms with Gasteiger partial charge in [-0.05, 0) is 44.5 Å². The van der Waals surface area contributed by atoms with Crippen LogP contribution in [0.25, 0.3) is 0 Å². The molecule has 4 nitrogen and oxygen atoms in total. The molecule has 0 aliphatic carbocycles. The fraction of sp³-hybridized carbons (Fsp3) is 0.690. The molecule has 0 saturated heterocycles. The number of carbonyl (C=O) groups excluding carboxylic acids is 1.